The van der Waals surface area contributed by atoms with Crippen LogP contribution in [-0.4, -0.2) is 23.8 Å². The van der Waals surface area contributed by atoms with E-state index in [-0.39, 0.29) is 11.3 Å². The second-order valence-electron chi connectivity index (χ2n) is 4.59. The van der Waals surface area contributed by atoms with Crippen molar-refractivity contribution in [1.82, 2.24) is 0 Å². The zero-order valence-corrected chi connectivity index (χ0v) is 12.3. The lowest BCUT2D eigenvalue weighted by Crippen LogP contribution is -2.14. The fourth-order valence-corrected chi connectivity index (χ4v) is 1.93. The number of esters is 1. The van der Waals surface area contributed by atoms with E-state index >= 15 is 0 Å². The van der Waals surface area contributed by atoms with Crippen molar-refractivity contribution in [1.29, 1.82) is 0 Å². The molecule has 6 nitrogen and oxygen atoms in total. The Bertz CT molecular complexity index is 763. The lowest BCUT2D eigenvalue weighted by Gasteiger charge is -2.05. The van der Waals surface area contributed by atoms with Crippen LogP contribution in [0.5, 0.6) is 0 Å². The molecule has 0 aromatic heterocycles. The number of benzene rings is 2. The first-order valence-corrected chi connectivity index (χ1v) is 6.67. The highest BCUT2D eigenvalue weighted by Gasteiger charge is 2.20. The number of Topliss-reactive ketones (excluding diaryl/α,β-unsaturated/α-hetero) is 1. The van der Waals surface area contributed by atoms with Crippen molar-refractivity contribution in [3.63, 3.8) is 0 Å². The summed E-state index contributed by atoms with van der Waals surface area (Å²) in [4.78, 5) is 34.5. The molecule has 0 saturated carbocycles. The molecular formula is C17H13NO5. The van der Waals surface area contributed by atoms with Crippen LogP contribution in [0.2, 0.25) is 0 Å². The zero-order chi connectivity index (χ0) is 16.8. The van der Waals surface area contributed by atoms with Gasteiger partial charge in [0.05, 0.1) is 12.0 Å². The fraction of sp³-hybridized carbons (Fsp3) is 0.0588. The van der Waals surface area contributed by atoms with Crippen molar-refractivity contribution in [3.05, 3.63) is 81.4 Å². The van der Waals surface area contributed by atoms with Gasteiger partial charge in [0.25, 0.3) is 5.69 Å². The SMILES string of the molecule is COC(=O)/C(=C\c1ccc([N+](=O)[O-])cc1)C(=O)c1ccccc1. The lowest BCUT2D eigenvalue weighted by atomic mass is 10.0. The number of ether oxygens (including phenoxy) is 1. The Hall–Kier alpha value is -3.28. The second-order valence-corrected chi connectivity index (χ2v) is 4.59. The van der Waals surface area contributed by atoms with E-state index < -0.39 is 16.7 Å². The minimum atomic E-state index is -0.766. The average molecular weight is 311 g/mol. The number of ketones is 1. The summed E-state index contributed by atoms with van der Waals surface area (Å²) in [6.45, 7) is 0. The summed E-state index contributed by atoms with van der Waals surface area (Å²) in [5.74, 6) is -1.24. The van der Waals surface area contributed by atoms with Gasteiger partial charge in [-0.25, -0.2) is 4.79 Å². The molecule has 0 atom stereocenters. The molecule has 2 aromatic carbocycles. The van der Waals surface area contributed by atoms with Gasteiger partial charge in [0.2, 0.25) is 0 Å². The van der Waals surface area contributed by atoms with Gasteiger partial charge < -0.3 is 4.74 Å². The monoisotopic (exact) mass is 311 g/mol. The van der Waals surface area contributed by atoms with Crippen LogP contribution in [0.25, 0.3) is 6.08 Å². The lowest BCUT2D eigenvalue weighted by molar-refractivity contribution is -0.384. The van der Waals surface area contributed by atoms with Crippen LogP contribution in [0.3, 0.4) is 0 Å². The topological polar surface area (TPSA) is 86.5 Å². The summed E-state index contributed by atoms with van der Waals surface area (Å²) in [5.41, 5.74) is 0.620. The van der Waals surface area contributed by atoms with Crippen molar-refractivity contribution in [2.75, 3.05) is 7.11 Å². The van der Waals surface area contributed by atoms with E-state index in [4.69, 9.17) is 0 Å². The minimum Gasteiger partial charge on any atom is -0.465 e. The molecule has 0 heterocycles. The van der Waals surface area contributed by atoms with Crippen LogP contribution in [0.15, 0.2) is 60.2 Å². The first-order valence-electron chi connectivity index (χ1n) is 6.67. The van der Waals surface area contributed by atoms with Gasteiger partial charge >= 0.3 is 5.97 Å². The van der Waals surface area contributed by atoms with E-state index in [1.165, 1.54) is 37.5 Å². The number of hydrogen-bond donors (Lipinski definition) is 0. The van der Waals surface area contributed by atoms with Crippen LogP contribution >= 0.6 is 0 Å². The number of carbonyl (C=O) groups excluding carboxylic acids is 2. The molecule has 6 heteroatoms. The smallest absolute Gasteiger partial charge is 0.341 e. The Morgan fingerprint density at radius 3 is 2.17 bits per heavy atom. The summed E-state index contributed by atoms with van der Waals surface area (Å²) in [7, 11) is 1.18. The van der Waals surface area contributed by atoms with E-state index in [0.29, 0.717) is 11.1 Å². The van der Waals surface area contributed by atoms with Gasteiger partial charge in [-0.3, -0.25) is 14.9 Å². The van der Waals surface area contributed by atoms with Crippen LogP contribution in [0.4, 0.5) is 5.69 Å². The van der Waals surface area contributed by atoms with Crippen LogP contribution in [-0.2, 0) is 9.53 Å². The van der Waals surface area contributed by atoms with Gasteiger partial charge in [0, 0.05) is 17.7 Å². The summed E-state index contributed by atoms with van der Waals surface area (Å²) < 4.78 is 4.65. The molecule has 23 heavy (non-hydrogen) atoms. The number of carbonyl (C=O) groups is 2. The first-order chi connectivity index (χ1) is 11.0. The third kappa shape index (κ3) is 3.88. The van der Waals surface area contributed by atoms with Gasteiger partial charge in [-0.1, -0.05) is 30.3 Å². The molecule has 0 N–H and O–H groups in total. The molecule has 116 valence electrons. The van der Waals surface area contributed by atoms with E-state index in [1.807, 2.05) is 0 Å². The maximum atomic E-state index is 12.4. The predicted octanol–water partition coefficient (Wildman–Crippen LogP) is 3.03. The quantitative estimate of drug-likeness (QED) is 0.161. The van der Waals surface area contributed by atoms with Crippen LogP contribution in [0.1, 0.15) is 15.9 Å². The summed E-state index contributed by atoms with van der Waals surface area (Å²) in [5, 5.41) is 10.6. The molecule has 0 fully saturated rings. The number of non-ortho nitro benzene ring substituents is 1. The summed E-state index contributed by atoms with van der Waals surface area (Å²) >= 11 is 0. The Kier molecular flexibility index (Phi) is 4.99. The Morgan fingerprint density at radius 2 is 1.65 bits per heavy atom. The second kappa shape index (κ2) is 7.13. The molecule has 0 amide bonds. The van der Waals surface area contributed by atoms with Gasteiger partial charge in [-0.15, -0.1) is 0 Å². The van der Waals surface area contributed by atoms with Crippen molar-refractivity contribution < 1.29 is 19.2 Å². The molecule has 0 aliphatic carbocycles. The third-order valence-corrected chi connectivity index (χ3v) is 3.10. The van der Waals surface area contributed by atoms with Crippen LogP contribution in [0, 0.1) is 10.1 Å². The van der Waals surface area contributed by atoms with E-state index in [2.05, 4.69) is 4.74 Å². The standard InChI is InChI=1S/C17H13NO5/c1-23-17(20)15(16(19)13-5-3-2-4-6-13)11-12-7-9-14(10-8-12)18(21)22/h2-11H,1H3/b15-11-. The maximum Gasteiger partial charge on any atom is 0.341 e. The molecule has 2 aromatic rings. The van der Waals surface area contributed by atoms with Gasteiger partial charge in [0.1, 0.15) is 5.57 Å². The van der Waals surface area contributed by atoms with E-state index in [0.717, 1.165) is 0 Å². The minimum absolute atomic E-state index is 0.0730. The van der Waals surface area contributed by atoms with Crippen molar-refractivity contribution in [2.24, 2.45) is 0 Å². The molecule has 0 aliphatic rings. The van der Waals surface area contributed by atoms with Gasteiger partial charge in [-0.05, 0) is 23.8 Å². The Labute approximate surface area is 132 Å². The van der Waals surface area contributed by atoms with Crippen molar-refractivity contribution in [2.45, 2.75) is 0 Å². The predicted molar refractivity (Wildman–Crippen MR) is 83.9 cm³/mol. The molecule has 2 rings (SSSR count). The number of methoxy groups -OCH3 is 1. The molecule has 0 aliphatic heterocycles. The highest BCUT2D eigenvalue weighted by molar-refractivity contribution is 6.26. The Morgan fingerprint density at radius 1 is 1.04 bits per heavy atom. The zero-order valence-electron chi connectivity index (χ0n) is 12.3. The summed E-state index contributed by atoms with van der Waals surface area (Å²) in [6, 6.07) is 13.8. The maximum absolute atomic E-state index is 12.4. The number of hydrogen-bond acceptors (Lipinski definition) is 5. The largest absolute Gasteiger partial charge is 0.465 e. The fourth-order valence-electron chi connectivity index (χ4n) is 1.93. The number of nitro benzene ring substituents is 1. The normalized spacial score (nSPS) is 10.9. The molecule has 0 bridgehead atoms. The Balaban J connectivity index is 2.40. The highest BCUT2D eigenvalue weighted by atomic mass is 16.6. The van der Waals surface area contributed by atoms with Crippen LogP contribution < -0.4 is 0 Å². The molecule has 0 unspecified atom stereocenters. The number of rotatable bonds is 5. The van der Waals surface area contributed by atoms with Gasteiger partial charge in [0.15, 0.2) is 5.78 Å². The van der Waals surface area contributed by atoms with Crippen molar-refractivity contribution >= 4 is 23.5 Å². The summed E-state index contributed by atoms with van der Waals surface area (Å²) in [6.07, 6.45) is 1.35. The third-order valence-electron chi connectivity index (χ3n) is 3.10. The number of nitrogens with zero attached hydrogens (tertiary/aromatic N) is 1. The molecule has 0 radical (unpaired) electrons. The van der Waals surface area contributed by atoms with E-state index in [1.54, 1.807) is 30.3 Å². The molecule has 0 spiro atoms. The highest BCUT2D eigenvalue weighted by Crippen LogP contribution is 2.17. The van der Waals surface area contributed by atoms with E-state index in [9.17, 15) is 19.7 Å². The molecule has 0 saturated heterocycles. The average Bonchev–Trinajstić information content (AvgIpc) is 2.59. The van der Waals surface area contributed by atoms with Crippen molar-refractivity contribution in [3.8, 4) is 0 Å². The van der Waals surface area contributed by atoms with Gasteiger partial charge in [-0.2, -0.15) is 0 Å². The number of nitro groups is 1. The first kappa shape index (κ1) is 16.1. The molecular weight excluding hydrogens is 298 g/mol.